The number of carbonyl (C=O) groups excluding carboxylic acids is 1. The molecule has 160 valence electrons. The maximum absolute atomic E-state index is 10.7. The summed E-state index contributed by atoms with van der Waals surface area (Å²) in [7, 11) is 0. The number of carboxylic acid groups (broad SMARTS) is 2. The molecule has 0 heterocycles. The van der Waals surface area contributed by atoms with E-state index in [-0.39, 0.29) is 17.1 Å². The quantitative estimate of drug-likeness (QED) is 0.318. The second-order valence-electron chi connectivity index (χ2n) is 6.10. The second-order valence-corrected chi connectivity index (χ2v) is 6.10. The van der Waals surface area contributed by atoms with Crippen LogP contribution in [0, 0.1) is 0 Å². The summed E-state index contributed by atoms with van der Waals surface area (Å²) in [6.45, 7) is 4.55. The van der Waals surface area contributed by atoms with Gasteiger partial charge in [0.25, 0.3) is 0 Å². The topological polar surface area (TPSA) is 110 Å². The first-order chi connectivity index (χ1) is 14.5. The van der Waals surface area contributed by atoms with Gasteiger partial charge in [0.1, 0.15) is 5.75 Å². The minimum Gasteiger partial charge on any atom is -0.494 e. The van der Waals surface area contributed by atoms with E-state index < -0.39 is 11.9 Å². The summed E-state index contributed by atoms with van der Waals surface area (Å²) >= 11 is 0. The van der Waals surface area contributed by atoms with Gasteiger partial charge < -0.3 is 19.7 Å². The Labute approximate surface area is 175 Å². The number of carboxylic acids is 2. The Morgan fingerprint density at radius 2 is 1.27 bits per heavy atom. The highest BCUT2D eigenvalue weighted by Gasteiger charge is 2.13. The van der Waals surface area contributed by atoms with Crippen LogP contribution in [0.3, 0.4) is 0 Å². The standard InChI is InChI=1S/C15H20O3.C8H6O4/c1-2-15(16)18-13-9-4-3-8-12-17-14-10-6-5-7-11-14;9-7(10)5-3-1-2-4-6(5)8(11)12/h2,5-7,10-11H,1,3-4,8-9,12-13H2;1-4H,(H,9,10)(H,11,12). The molecule has 0 atom stereocenters. The van der Waals surface area contributed by atoms with Crippen LogP contribution in [0.15, 0.2) is 67.3 Å². The molecule has 0 aromatic heterocycles. The van der Waals surface area contributed by atoms with E-state index in [1.165, 1.54) is 30.3 Å². The molecule has 0 fully saturated rings. The van der Waals surface area contributed by atoms with Gasteiger partial charge in [-0.1, -0.05) is 36.9 Å². The van der Waals surface area contributed by atoms with Gasteiger partial charge in [0, 0.05) is 6.08 Å². The zero-order chi connectivity index (χ0) is 22.2. The molecule has 0 aliphatic carbocycles. The fraction of sp³-hybridized carbons (Fsp3) is 0.261. The first-order valence-electron chi connectivity index (χ1n) is 9.48. The molecule has 0 saturated carbocycles. The molecule has 2 aromatic rings. The summed E-state index contributed by atoms with van der Waals surface area (Å²) in [6.07, 6.45) is 5.23. The van der Waals surface area contributed by atoms with Crippen LogP contribution in [0.2, 0.25) is 0 Å². The number of hydrogen-bond acceptors (Lipinski definition) is 5. The van der Waals surface area contributed by atoms with Gasteiger partial charge in [0.15, 0.2) is 0 Å². The fourth-order valence-corrected chi connectivity index (χ4v) is 2.35. The molecule has 0 bridgehead atoms. The molecule has 0 aliphatic rings. The molecule has 0 amide bonds. The lowest BCUT2D eigenvalue weighted by molar-refractivity contribution is -0.137. The molecular weight excluding hydrogens is 388 g/mol. The molecule has 7 nitrogen and oxygen atoms in total. The number of rotatable bonds is 11. The molecule has 0 aliphatic heterocycles. The van der Waals surface area contributed by atoms with E-state index in [0.717, 1.165) is 38.0 Å². The number of ether oxygens (including phenoxy) is 2. The lowest BCUT2D eigenvalue weighted by Crippen LogP contribution is -2.06. The highest BCUT2D eigenvalue weighted by molar-refractivity contribution is 6.01. The number of esters is 1. The number of hydrogen-bond donors (Lipinski definition) is 2. The highest BCUT2D eigenvalue weighted by atomic mass is 16.5. The molecule has 0 saturated heterocycles. The van der Waals surface area contributed by atoms with E-state index in [1.807, 2.05) is 30.3 Å². The molecule has 7 heteroatoms. The van der Waals surface area contributed by atoms with Crippen molar-refractivity contribution in [1.29, 1.82) is 0 Å². The Kier molecular flexibility index (Phi) is 11.7. The van der Waals surface area contributed by atoms with Gasteiger partial charge >= 0.3 is 17.9 Å². The van der Waals surface area contributed by atoms with Crippen LogP contribution in [0.25, 0.3) is 0 Å². The maximum Gasteiger partial charge on any atom is 0.336 e. The van der Waals surface area contributed by atoms with Crippen molar-refractivity contribution < 1.29 is 34.1 Å². The van der Waals surface area contributed by atoms with E-state index >= 15 is 0 Å². The number of para-hydroxylation sites is 1. The largest absolute Gasteiger partial charge is 0.494 e. The number of aromatic carboxylic acids is 2. The first kappa shape index (κ1) is 24.4. The van der Waals surface area contributed by atoms with Crippen molar-refractivity contribution in [3.8, 4) is 5.75 Å². The summed E-state index contributed by atoms with van der Waals surface area (Å²) < 4.78 is 10.4. The van der Waals surface area contributed by atoms with Gasteiger partial charge in [0.2, 0.25) is 0 Å². The van der Waals surface area contributed by atoms with Crippen molar-refractivity contribution in [2.75, 3.05) is 13.2 Å². The first-order valence-corrected chi connectivity index (χ1v) is 9.48. The van der Waals surface area contributed by atoms with Crippen LogP contribution in [0.1, 0.15) is 46.4 Å². The average Bonchev–Trinajstić information content (AvgIpc) is 2.76. The van der Waals surface area contributed by atoms with Crippen molar-refractivity contribution in [1.82, 2.24) is 0 Å². The summed E-state index contributed by atoms with van der Waals surface area (Å²) in [4.78, 5) is 31.7. The normalized spacial score (nSPS) is 9.60. The van der Waals surface area contributed by atoms with Gasteiger partial charge in [-0.3, -0.25) is 0 Å². The van der Waals surface area contributed by atoms with Gasteiger partial charge in [-0.25, -0.2) is 14.4 Å². The van der Waals surface area contributed by atoms with Crippen molar-refractivity contribution in [2.45, 2.75) is 25.7 Å². The smallest absolute Gasteiger partial charge is 0.336 e. The molecule has 2 aromatic carbocycles. The Balaban J connectivity index is 0.000000325. The second kappa shape index (κ2) is 14.4. The van der Waals surface area contributed by atoms with Crippen molar-refractivity contribution >= 4 is 17.9 Å². The molecule has 2 N–H and O–H groups in total. The Hall–Kier alpha value is -3.61. The zero-order valence-corrected chi connectivity index (χ0v) is 16.7. The summed E-state index contributed by atoms with van der Waals surface area (Å²) in [5.41, 5.74) is -0.380. The van der Waals surface area contributed by atoms with E-state index in [2.05, 4.69) is 6.58 Å². The van der Waals surface area contributed by atoms with Crippen LogP contribution < -0.4 is 4.74 Å². The van der Waals surface area contributed by atoms with Crippen molar-refractivity contribution in [2.24, 2.45) is 0 Å². The van der Waals surface area contributed by atoms with Crippen LogP contribution in [0.5, 0.6) is 5.75 Å². The summed E-state index contributed by atoms with van der Waals surface area (Å²) in [6, 6.07) is 15.3. The Bertz CT molecular complexity index is 782. The molecule has 30 heavy (non-hydrogen) atoms. The fourth-order valence-electron chi connectivity index (χ4n) is 2.35. The number of unbranched alkanes of at least 4 members (excludes halogenated alkanes) is 3. The van der Waals surface area contributed by atoms with Gasteiger partial charge in [-0.2, -0.15) is 0 Å². The van der Waals surface area contributed by atoms with Crippen LogP contribution in [-0.2, 0) is 9.53 Å². The summed E-state index contributed by atoms with van der Waals surface area (Å²) in [5, 5.41) is 17.1. The summed E-state index contributed by atoms with van der Waals surface area (Å²) in [5.74, 6) is -1.89. The van der Waals surface area contributed by atoms with Crippen LogP contribution in [0.4, 0.5) is 0 Å². The Morgan fingerprint density at radius 3 is 1.77 bits per heavy atom. The predicted molar refractivity (Wildman–Crippen MR) is 112 cm³/mol. The lowest BCUT2D eigenvalue weighted by Gasteiger charge is -2.05. The van der Waals surface area contributed by atoms with E-state index in [1.54, 1.807) is 0 Å². The average molecular weight is 414 g/mol. The maximum atomic E-state index is 10.7. The van der Waals surface area contributed by atoms with E-state index in [9.17, 15) is 14.4 Å². The zero-order valence-electron chi connectivity index (χ0n) is 16.7. The monoisotopic (exact) mass is 414 g/mol. The van der Waals surface area contributed by atoms with Crippen molar-refractivity contribution in [3.05, 3.63) is 78.4 Å². The van der Waals surface area contributed by atoms with Gasteiger partial charge in [-0.05, 0) is 49.9 Å². The molecule has 0 unspecified atom stereocenters. The Morgan fingerprint density at radius 1 is 0.767 bits per heavy atom. The van der Waals surface area contributed by atoms with Gasteiger partial charge in [-0.15, -0.1) is 0 Å². The third-order valence-electron chi connectivity index (χ3n) is 3.85. The minimum absolute atomic E-state index is 0.190. The predicted octanol–water partition coefficient (Wildman–Crippen LogP) is 4.44. The van der Waals surface area contributed by atoms with E-state index in [0.29, 0.717) is 6.61 Å². The van der Waals surface area contributed by atoms with Crippen molar-refractivity contribution in [3.63, 3.8) is 0 Å². The van der Waals surface area contributed by atoms with Gasteiger partial charge in [0.05, 0.1) is 24.3 Å². The van der Waals surface area contributed by atoms with Crippen LogP contribution in [-0.4, -0.2) is 41.3 Å². The molecule has 0 radical (unpaired) electrons. The minimum atomic E-state index is -1.23. The third kappa shape index (κ3) is 10.1. The molecular formula is C23H26O7. The molecule has 2 rings (SSSR count). The third-order valence-corrected chi connectivity index (χ3v) is 3.85. The highest BCUT2D eigenvalue weighted by Crippen LogP contribution is 2.10. The SMILES string of the molecule is C=CC(=O)OCCCCCCOc1ccccc1.O=C(O)c1ccccc1C(=O)O. The number of carbonyl (C=O) groups is 3. The van der Waals surface area contributed by atoms with E-state index in [4.69, 9.17) is 19.7 Å². The lowest BCUT2D eigenvalue weighted by atomic mass is 10.1. The van der Waals surface area contributed by atoms with Crippen LogP contribution >= 0.6 is 0 Å². The number of benzene rings is 2. The molecule has 0 spiro atoms.